The minimum atomic E-state index is -0.659. The molecule has 2 heterocycles. The first kappa shape index (κ1) is 23.7. The zero-order valence-corrected chi connectivity index (χ0v) is 20.3. The molecule has 0 bridgehead atoms. The van der Waals surface area contributed by atoms with Gasteiger partial charge >= 0.3 is 0 Å². The molecule has 0 aliphatic carbocycles. The van der Waals surface area contributed by atoms with Crippen molar-refractivity contribution in [1.82, 2.24) is 5.48 Å². The first-order valence-electron chi connectivity index (χ1n) is 12.2. The molecule has 2 aliphatic heterocycles. The van der Waals surface area contributed by atoms with E-state index in [4.69, 9.17) is 23.7 Å². The molecule has 0 aromatic heterocycles. The Morgan fingerprint density at radius 3 is 2.05 bits per heavy atom. The summed E-state index contributed by atoms with van der Waals surface area (Å²) in [5.41, 5.74) is 5.24. The van der Waals surface area contributed by atoms with Gasteiger partial charge in [0.15, 0.2) is 23.0 Å². The molecule has 2 atom stereocenters. The maximum atomic E-state index is 12.5. The van der Waals surface area contributed by atoms with Crippen molar-refractivity contribution in [3.8, 4) is 28.7 Å². The Morgan fingerprint density at radius 1 is 0.737 bits per heavy atom. The van der Waals surface area contributed by atoms with E-state index in [1.165, 1.54) is 0 Å². The second kappa shape index (κ2) is 10.4. The summed E-state index contributed by atoms with van der Waals surface area (Å²) in [7, 11) is 0. The van der Waals surface area contributed by atoms with Gasteiger partial charge in [-0.1, -0.05) is 54.6 Å². The van der Waals surface area contributed by atoms with Gasteiger partial charge in [-0.05, 0) is 58.7 Å². The number of nitrogens with one attached hydrogen (secondary N) is 1. The Labute approximate surface area is 219 Å². The number of hydroxylamine groups is 1. The van der Waals surface area contributed by atoms with Gasteiger partial charge < -0.3 is 23.7 Å². The van der Waals surface area contributed by atoms with E-state index in [2.05, 4.69) is 0 Å². The molecule has 38 heavy (non-hydrogen) atoms. The van der Waals surface area contributed by atoms with Crippen LogP contribution in [-0.4, -0.2) is 24.7 Å². The van der Waals surface area contributed by atoms with Gasteiger partial charge in [0.2, 0.25) is 13.6 Å². The fourth-order valence-corrected chi connectivity index (χ4v) is 4.73. The summed E-state index contributed by atoms with van der Waals surface area (Å²) in [6.07, 6.45) is 0.221. The number of hydrogen-bond acceptors (Lipinski definition) is 7. The molecule has 2 unspecified atom stereocenters. The maximum Gasteiger partial charge on any atom is 0.255 e. The van der Waals surface area contributed by atoms with Crippen molar-refractivity contribution in [2.45, 2.75) is 18.4 Å². The lowest BCUT2D eigenvalue weighted by Crippen LogP contribution is -2.27. The van der Waals surface area contributed by atoms with Crippen LogP contribution in [0.3, 0.4) is 0 Å². The highest BCUT2D eigenvalue weighted by Crippen LogP contribution is 2.38. The Kier molecular flexibility index (Phi) is 6.46. The minimum Gasteiger partial charge on any atom is -0.485 e. The van der Waals surface area contributed by atoms with Crippen LogP contribution >= 0.6 is 0 Å². The smallest absolute Gasteiger partial charge is 0.255 e. The van der Waals surface area contributed by atoms with Crippen LogP contribution in [0.5, 0.6) is 28.7 Å². The highest BCUT2D eigenvalue weighted by Gasteiger charge is 2.24. The lowest BCUT2D eigenvalue weighted by molar-refractivity contribution is -0.129. The van der Waals surface area contributed by atoms with E-state index in [1.54, 1.807) is 5.48 Å². The second-order valence-corrected chi connectivity index (χ2v) is 9.00. The first-order valence-corrected chi connectivity index (χ1v) is 12.2. The third kappa shape index (κ3) is 4.81. The molecular weight excluding hydrogens is 486 g/mol. The zero-order chi connectivity index (χ0) is 25.9. The van der Waals surface area contributed by atoms with Gasteiger partial charge in [0.1, 0.15) is 11.9 Å². The highest BCUT2D eigenvalue weighted by atomic mass is 16.7. The maximum absolute atomic E-state index is 12.5. The molecule has 192 valence electrons. The number of carbonyl (C=O) groups is 1. The molecule has 0 fully saturated rings. The summed E-state index contributed by atoms with van der Waals surface area (Å²) in [5.74, 6) is 2.29. The fraction of sp³-hybridized carbons (Fsp3) is 0.167. The third-order valence-electron chi connectivity index (χ3n) is 6.62. The van der Waals surface area contributed by atoms with Crippen LogP contribution in [0.4, 0.5) is 0 Å². The van der Waals surface area contributed by atoms with E-state index in [9.17, 15) is 10.0 Å². The van der Waals surface area contributed by atoms with Crippen LogP contribution < -0.4 is 29.2 Å². The number of fused-ring (bicyclic) bond motifs is 2. The SMILES string of the molecule is O=C(NO)C(c1ccccc1)c1ccc(OC(Cc2ccc3c(c2)OCO3)c2ccc3c(c2)OCO3)cc1. The Morgan fingerprint density at radius 2 is 1.34 bits per heavy atom. The van der Waals surface area contributed by atoms with Crippen LogP contribution in [0.25, 0.3) is 0 Å². The predicted molar refractivity (Wildman–Crippen MR) is 137 cm³/mol. The van der Waals surface area contributed by atoms with E-state index in [-0.39, 0.29) is 19.7 Å². The Balaban J connectivity index is 1.28. The van der Waals surface area contributed by atoms with Crippen molar-refractivity contribution in [2.75, 3.05) is 13.6 Å². The molecule has 0 saturated heterocycles. The van der Waals surface area contributed by atoms with Gasteiger partial charge in [-0.2, -0.15) is 0 Å². The number of benzene rings is 4. The molecule has 6 rings (SSSR count). The van der Waals surface area contributed by atoms with Crippen molar-refractivity contribution in [3.63, 3.8) is 0 Å². The second-order valence-electron chi connectivity index (χ2n) is 9.00. The van der Waals surface area contributed by atoms with Gasteiger partial charge in [-0.3, -0.25) is 10.0 Å². The van der Waals surface area contributed by atoms with Gasteiger partial charge in [0, 0.05) is 6.42 Å². The summed E-state index contributed by atoms with van der Waals surface area (Å²) in [6.45, 7) is 0.406. The van der Waals surface area contributed by atoms with Crippen LogP contribution in [0.2, 0.25) is 0 Å². The largest absolute Gasteiger partial charge is 0.485 e. The van der Waals surface area contributed by atoms with Gasteiger partial charge in [0.25, 0.3) is 5.91 Å². The summed E-state index contributed by atoms with van der Waals surface area (Å²) in [6, 6.07) is 28.3. The van der Waals surface area contributed by atoms with Crippen LogP contribution in [-0.2, 0) is 11.2 Å². The highest BCUT2D eigenvalue weighted by molar-refractivity contribution is 5.86. The average molecular weight is 512 g/mol. The van der Waals surface area contributed by atoms with E-state index in [0.29, 0.717) is 29.4 Å². The third-order valence-corrected chi connectivity index (χ3v) is 6.62. The molecule has 2 aliphatic rings. The number of hydrogen-bond donors (Lipinski definition) is 2. The van der Waals surface area contributed by atoms with E-state index in [0.717, 1.165) is 28.0 Å². The molecule has 0 spiro atoms. The van der Waals surface area contributed by atoms with E-state index in [1.807, 2.05) is 91.0 Å². The van der Waals surface area contributed by atoms with Crippen molar-refractivity contribution in [3.05, 3.63) is 113 Å². The fourth-order valence-electron chi connectivity index (χ4n) is 4.73. The summed E-state index contributed by atoms with van der Waals surface area (Å²) >= 11 is 0. The summed E-state index contributed by atoms with van der Waals surface area (Å²) in [5, 5.41) is 9.33. The van der Waals surface area contributed by atoms with Gasteiger partial charge in [0.05, 0.1) is 5.92 Å². The molecule has 4 aromatic rings. The Bertz CT molecular complexity index is 1440. The van der Waals surface area contributed by atoms with Crippen LogP contribution in [0, 0.1) is 0 Å². The normalized spacial score (nSPS) is 14.6. The topological polar surface area (TPSA) is 95.5 Å². The van der Waals surface area contributed by atoms with Crippen molar-refractivity contribution in [2.24, 2.45) is 0 Å². The standard InChI is InChI=1S/C30H25NO7/c32-30(31-33)29(20-4-2-1-3-5-20)21-7-10-23(11-8-21)38-26(22-9-13-25-28(16-22)37-18-35-25)14-19-6-12-24-27(15-19)36-17-34-24/h1-13,15-16,26,29,33H,14,17-18H2,(H,31,32). The molecule has 0 radical (unpaired) electrons. The number of rotatable bonds is 8. The molecular formula is C30H25NO7. The minimum absolute atomic E-state index is 0.192. The quantitative estimate of drug-likeness (QED) is 0.250. The van der Waals surface area contributed by atoms with Crippen LogP contribution in [0.15, 0.2) is 91.0 Å². The molecule has 8 nitrogen and oxygen atoms in total. The number of ether oxygens (including phenoxy) is 5. The predicted octanol–water partition coefficient (Wildman–Crippen LogP) is 5.14. The molecule has 8 heteroatoms. The van der Waals surface area contributed by atoms with E-state index >= 15 is 0 Å². The number of carbonyl (C=O) groups excluding carboxylic acids is 1. The Hall–Kier alpha value is -4.69. The summed E-state index contributed by atoms with van der Waals surface area (Å²) in [4.78, 5) is 12.5. The summed E-state index contributed by atoms with van der Waals surface area (Å²) < 4.78 is 28.6. The molecule has 2 N–H and O–H groups in total. The lowest BCUT2D eigenvalue weighted by Gasteiger charge is -2.21. The molecule has 4 aromatic carbocycles. The van der Waals surface area contributed by atoms with E-state index < -0.39 is 11.8 Å². The average Bonchev–Trinajstić information content (AvgIpc) is 3.63. The van der Waals surface area contributed by atoms with Crippen molar-refractivity contribution in [1.29, 1.82) is 0 Å². The first-order chi connectivity index (χ1) is 18.7. The van der Waals surface area contributed by atoms with Crippen molar-refractivity contribution < 1.29 is 33.7 Å². The monoisotopic (exact) mass is 511 g/mol. The molecule has 1 amide bonds. The van der Waals surface area contributed by atoms with Crippen LogP contribution in [0.1, 0.15) is 34.3 Å². The lowest BCUT2D eigenvalue weighted by atomic mass is 9.90. The van der Waals surface area contributed by atoms with Gasteiger partial charge in [-0.25, -0.2) is 5.48 Å². The molecule has 0 saturated carbocycles. The van der Waals surface area contributed by atoms with Crippen molar-refractivity contribution >= 4 is 5.91 Å². The zero-order valence-electron chi connectivity index (χ0n) is 20.3. The van der Waals surface area contributed by atoms with Gasteiger partial charge in [-0.15, -0.1) is 0 Å². The number of amides is 1.